The summed E-state index contributed by atoms with van der Waals surface area (Å²) in [4.78, 5) is 12.2. The first-order valence-electron chi connectivity index (χ1n) is 6.44. The maximum absolute atomic E-state index is 12.2. The Hall–Kier alpha value is -1.40. The number of carbonyl (C=O) groups is 1. The van der Waals surface area contributed by atoms with Gasteiger partial charge in [-0.05, 0) is 6.42 Å². The van der Waals surface area contributed by atoms with Crippen molar-refractivity contribution in [3.8, 4) is 5.75 Å². The van der Waals surface area contributed by atoms with Crippen LogP contribution in [0.1, 0.15) is 30.3 Å². The van der Waals surface area contributed by atoms with Crippen molar-refractivity contribution in [1.29, 1.82) is 0 Å². The largest absolute Gasteiger partial charge is 0.493 e. The standard InChI is InChI=1S/C13H22N2O4/c1-4-6-15-13(12(18-3)10-14-15)11(16)5-7-19-9-8-17-2/h10H,4-9H2,1-3H3. The molecule has 108 valence electrons. The highest BCUT2D eigenvalue weighted by Gasteiger charge is 2.18. The van der Waals surface area contributed by atoms with Crippen LogP contribution >= 0.6 is 0 Å². The van der Waals surface area contributed by atoms with Gasteiger partial charge in [0.1, 0.15) is 5.69 Å². The number of nitrogens with zero attached hydrogens (tertiary/aromatic N) is 2. The highest BCUT2D eigenvalue weighted by atomic mass is 16.5. The van der Waals surface area contributed by atoms with Crippen molar-refractivity contribution in [2.45, 2.75) is 26.3 Å². The summed E-state index contributed by atoms with van der Waals surface area (Å²) < 4.78 is 17.0. The summed E-state index contributed by atoms with van der Waals surface area (Å²) in [6, 6.07) is 0. The molecule has 6 nitrogen and oxygen atoms in total. The van der Waals surface area contributed by atoms with Gasteiger partial charge >= 0.3 is 0 Å². The molecule has 0 saturated carbocycles. The van der Waals surface area contributed by atoms with Crippen molar-refractivity contribution in [2.24, 2.45) is 0 Å². The molecule has 0 aliphatic heterocycles. The first kappa shape index (κ1) is 15.7. The Kier molecular flexibility index (Phi) is 7.14. The predicted molar refractivity (Wildman–Crippen MR) is 70.7 cm³/mol. The monoisotopic (exact) mass is 270 g/mol. The lowest BCUT2D eigenvalue weighted by molar-refractivity contribution is 0.0636. The third kappa shape index (κ3) is 4.65. The molecule has 0 unspecified atom stereocenters. The smallest absolute Gasteiger partial charge is 0.186 e. The molecule has 0 N–H and O–H groups in total. The first-order valence-corrected chi connectivity index (χ1v) is 6.44. The molecular formula is C13H22N2O4. The van der Waals surface area contributed by atoms with Crippen molar-refractivity contribution in [3.63, 3.8) is 0 Å². The average molecular weight is 270 g/mol. The lowest BCUT2D eigenvalue weighted by Crippen LogP contribution is -2.14. The van der Waals surface area contributed by atoms with Crippen LogP contribution in [0.3, 0.4) is 0 Å². The van der Waals surface area contributed by atoms with Crippen LogP contribution in [0.2, 0.25) is 0 Å². The van der Waals surface area contributed by atoms with Gasteiger partial charge in [0.05, 0.1) is 33.1 Å². The Morgan fingerprint density at radius 1 is 1.32 bits per heavy atom. The lowest BCUT2D eigenvalue weighted by Gasteiger charge is -2.07. The zero-order valence-corrected chi connectivity index (χ0v) is 11.8. The molecule has 0 aromatic carbocycles. The Morgan fingerprint density at radius 2 is 2.11 bits per heavy atom. The van der Waals surface area contributed by atoms with E-state index in [4.69, 9.17) is 14.2 Å². The summed E-state index contributed by atoms with van der Waals surface area (Å²) >= 11 is 0. The highest BCUT2D eigenvalue weighted by Crippen LogP contribution is 2.19. The van der Waals surface area contributed by atoms with E-state index in [1.165, 1.54) is 0 Å². The van der Waals surface area contributed by atoms with Gasteiger partial charge in [-0.25, -0.2) is 0 Å². The predicted octanol–water partition coefficient (Wildman–Crippen LogP) is 1.54. The third-order valence-corrected chi connectivity index (χ3v) is 2.63. The van der Waals surface area contributed by atoms with Crippen LogP contribution in [-0.4, -0.2) is 49.6 Å². The second-order valence-electron chi connectivity index (χ2n) is 4.06. The molecule has 0 spiro atoms. The van der Waals surface area contributed by atoms with Gasteiger partial charge in [0.15, 0.2) is 11.5 Å². The van der Waals surface area contributed by atoms with E-state index in [1.54, 1.807) is 25.1 Å². The van der Waals surface area contributed by atoms with Gasteiger partial charge in [0.25, 0.3) is 0 Å². The summed E-state index contributed by atoms with van der Waals surface area (Å²) in [7, 11) is 3.15. The molecule has 0 aliphatic carbocycles. The first-order chi connectivity index (χ1) is 9.24. The van der Waals surface area contributed by atoms with Crippen molar-refractivity contribution >= 4 is 5.78 Å². The Labute approximate surface area is 113 Å². The minimum Gasteiger partial charge on any atom is -0.493 e. The Balaban J connectivity index is 2.56. The van der Waals surface area contributed by atoms with Crippen LogP contribution in [0.5, 0.6) is 5.75 Å². The summed E-state index contributed by atoms with van der Waals surface area (Å²) in [6.45, 7) is 4.15. The fourth-order valence-electron chi connectivity index (χ4n) is 1.71. The number of carbonyl (C=O) groups excluding carboxylic acids is 1. The summed E-state index contributed by atoms with van der Waals surface area (Å²) in [5.74, 6) is 0.510. The minimum absolute atomic E-state index is 0.0137. The minimum atomic E-state index is -0.0137. The van der Waals surface area contributed by atoms with E-state index in [0.29, 0.717) is 44.2 Å². The second kappa shape index (κ2) is 8.66. The number of ether oxygens (including phenoxy) is 3. The van der Waals surface area contributed by atoms with E-state index in [2.05, 4.69) is 5.10 Å². The molecule has 0 aliphatic rings. The number of aryl methyl sites for hydroxylation is 1. The zero-order valence-electron chi connectivity index (χ0n) is 11.8. The van der Waals surface area contributed by atoms with Crippen LogP contribution < -0.4 is 4.74 Å². The topological polar surface area (TPSA) is 62.6 Å². The van der Waals surface area contributed by atoms with Crippen molar-refractivity contribution in [2.75, 3.05) is 34.0 Å². The van der Waals surface area contributed by atoms with Gasteiger partial charge in [-0.2, -0.15) is 5.10 Å². The van der Waals surface area contributed by atoms with E-state index in [0.717, 1.165) is 6.42 Å². The van der Waals surface area contributed by atoms with E-state index < -0.39 is 0 Å². The van der Waals surface area contributed by atoms with Crippen LogP contribution in [-0.2, 0) is 16.0 Å². The molecule has 0 amide bonds. The van der Waals surface area contributed by atoms with Gasteiger partial charge in [-0.3, -0.25) is 9.48 Å². The van der Waals surface area contributed by atoms with Gasteiger partial charge in [0.2, 0.25) is 0 Å². The van der Waals surface area contributed by atoms with Crippen LogP contribution in [0.4, 0.5) is 0 Å². The van der Waals surface area contributed by atoms with Crippen LogP contribution in [0.25, 0.3) is 0 Å². The molecule has 1 heterocycles. The molecule has 1 aromatic heterocycles. The normalized spacial score (nSPS) is 10.7. The van der Waals surface area contributed by atoms with Gasteiger partial charge in [-0.1, -0.05) is 6.92 Å². The third-order valence-electron chi connectivity index (χ3n) is 2.63. The maximum atomic E-state index is 12.2. The molecule has 1 rings (SSSR count). The number of rotatable bonds is 10. The number of hydrogen-bond donors (Lipinski definition) is 0. The highest BCUT2D eigenvalue weighted by molar-refractivity contribution is 5.97. The molecular weight excluding hydrogens is 248 g/mol. The van der Waals surface area contributed by atoms with Crippen molar-refractivity contribution in [1.82, 2.24) is 9.78 Å². The van der Waals surface area contributed by atoms with Crippen molar-refractivity contribution < 1.29 is 19.0 Å². The zero-order chi connectivity index (χ0) is 14.1. The van der Waals surface area contributed by atoms with Gasteiger partial charge < -0.3 is 14.2 Å². The summed E-state index contributed by atoms with van der Waals surface area (Å²) in [5.41, 5.74) is 0.527. The molecule has 1 aromatic rings. The quantitative estimate of drug-likeness (QED) is 0.476. The van der Waals surface area contributed by atoms with E-state index in [9.17, 15) is 4.79 Å². The molecule has 19 heavy (non-hydrogen) atoms. The van der Waals surface area contributed by atoms with Gasteiger partial charge in [-0.15, -0.1) is 0 Å². The molecule has 0 saturated heterocycles. The Morgan fingerprint density at radius 3 is 2.74 bits per heavy atom. The van der Waals surface area contributed by atoms with Crippen molar-refractivity contribution in [3.05, 3.63) is 11.9 Å². The number of methoxy groups -OCH3 is 2. The molecule has 6 heteroatoms. The van der Waals surface area contributed by atoms with Crippen LogP contribution in [0, 0.1) is 0 Å². The number of aromatic nitrogens is 2. The number of hydrogen-bond acceptors (Lipinski definition) is 5. The molecule has 0 atom stereocenters. The van der Waals surface area contributed by atoms with E-state index in [1.807, 2.05) is 6.92 Å². The fourth-order valence-corrected chi connectivity index (χ4v) is 1.71. The summed E-state index contributed by atoms with van der Waals surface area (Å²) in [5, 5.41) is 4.17. The second-order valence-corrected chi connectivity index (χ2v) is 4.06. The molecule has 0 radical (unpaired) electrons. The van der Waals surface area contributed by atoms with Crippen LogP contribution in [0.15, 0.2) is 6.20 Å². The maximum Gasteiger partial charge on any atom is 0.186 e. The van der Waals surface area contributed by atoms with E-state index >= 15 is 0 Å². The van der Waals surface area contributed by atoms with Gasteiger partial charge in [0, 0.05) is 20.1 Å². The lowest BCUT2D eigenvalue weighted by atomic mass is 10.2. The van der Waals surface area contributed by atoms with E-state index in [-0.39, 0.29) is 5.78 Å². The number of Topliss-reactive ketones (excluding diaryl/α,β-unsaturated/α-hetero) is 1. The molecule has 0 fully saturated rings. The molecule has 0 bridgehead atoms. The fraction of sp³-hybridized carbons (Fsp3) is 0.692. The Bertz CT molecular complexity index is 390. The summed E-state index contributed by atoms with van der Waals surface area (Å²) in [6.07, 6.45) is 2.81. The number of ketones is 1. The SMILES string of the molecule is CCCn1ncc(OC)c1C(=O)CCOCCOC. The average Bonchev–Trinajstić information content (AvgIpc) is 2.81.